The normalized spacial score (nSPS) is 11.0. The summed E-state index contributed by atoms with van der Waals surface area (Å²) in [6.45, 7) is 0. The van der Waals surface area contributed by atoms with E-state index in [-0.39, 0.29) is 44.2 Å². The molecule has 24 heteroatoms. The van der Waals surface area contributed by atoms with Crippen LogP contribution in [0.4, 0.5) is 48.7 Å². The van der Waals surface area contributed by atoms with E-state index in [1.165, 1.54) is 59.0 Å². The van der Waals surface area contributed by atoms with Crippen LogP contribution in [0.3, 0.4) is 0 Å². The minimum atomic E-state index is -0.254. The number of hydrogen-bond acceptors (Lipinski definition) is 17. The Morgan fingerprint density at radius 1 is 0.344 bits per heavy atom. The molecule has 10 aromatic heterocycles. The lowest BCUT2D eigenvalue weighted by molar-refractivity contribution is -0.191. The lowest BCUT2D eigenvalue weighted by Gasteiger charge is -2.33. The summed E-state index contributed by atoms with van der Waals surface area (Å²) >= 11 is 4.55. The molecule has 11 heterocycles. The summed E-state index contributed by atoms with van der Waals surface area (Å²) < 4.78 is 55.7. The van der Waals surface area contributed by atoms with Gasteiger partial charge in [0.25, 0.3) is 0 Å². The van der Waals surface area contributed by atoms with Crippen molar-refractivity contribution in [1.29, 1.82) is 0 Å². The van der Waals surface area contributed by atoms with Crippen LogP contribution in [-0.2, 0) is 9.59 Å². The van der Waals surface area contributed by atoms with E-state index in [4.69, 9.17) is 39.4 Å². The first kappa shape index (κ1) is 85.5. The fourth-order valence-electron chi connectivity index (χ4n) is 15.3. The van der Waals surface area contributed by atoms with Crippen LogP contribution in [0.25, 0.3) is 151 Å². The molecule has 0 fully saturated rings. The molecule has 20 nitrogen and oxygen atoms in total. The number of halogens is 4. The van der Waals surface area contributed by atoms with Gasteiger partial charge in [0.2, 0.25) is 17.7 Å². The molecular formula is C104H76F2I2N14O6. The van der Waals surface area contributed by atoms with E-state index < -0.39 is 0 Å². The minimum Gasteiger partial charge on any atom is -0.504 e. The first-order valence-corrected chi connectivity index (χ1v) is 41.7. The van der Waals surface area contributed by atoms with Gasteiger partial charge >= 0.3 is 6.15 Å². The number of oxazole rings is 3. The van der Waals surface area contributed by atoms with Gasteiger partial charge in [0, 0.05) is 92.3 Å². The molecule has 6 N–H and O–H groups in total. The number of hydrogen-bond donors (Lipinski definition) is 4. The van der Waals surface area contributed by atoms with Gasteiger partial charge in [0.15, 0.2) is 45.3 Å². The van der Waals surface area contributed by atoms with Crippen molar-refractivity contribution >= 4 is 190 Å². The van der Waals surface area contributed by atoms with E-state index in [2.05, 4.69) is 198 Å². The molecule has 13 aromatic carbocycles. The molecule has 24 rings (SSSR count). The van der Waals surface area contributed by atoms with Crippen molar-refractivity contribution in [3.8, 4) is 57.2 Å². The van der Waals surface area contributed by atoms with Gasteiger partial charge in [-0.2, -0.15) is 24.5 Å². The average molecular weight is 1910 g/mol. The third-order valence-corrected chi connectivity index (χ3v) is 22.2. The van der Waals surface area contributed by atoms with Gasteiger partial charge in [-0.3, -0.25) is 0 Å². The molecule has 0 amide bonds. The molecule has 0 saturated carbocycles. The van der Waals surface area contributed by atoms with Crippen LogP contribution in [0.15, 0.2) is 390 Å². The number of nitrogens with one attached hydrogen (secondary N) is 1. The SMILES string of the molecule is C.C.Fc1cccc2c3ccccc3n(-c3ccccc3Nc3ccc(-c4nc5ncccc5o4)cc3)c12.Ic1ccc(-c2nc3ncccc3o2)cc1.Ic1ccccc1.Nc1ccccc1-n1c2ccccc2c2cccc(F)c21.Nc1ncccc1O.O=C=O.c1ccc2c(c1)N(c1ccc(-c3nc4ncccc4o3)cc1)c1cccc3c4ccccc4n-2c13. The number of nitrogen functional groups attached to an aromatic ring is 2. The van der Waals surface area contributed by atoms with Crippen LogP contribution < -0.4 is 21.7 Å². The van der Waals surface area contributed by atoms with Gasteiger partial charge < -0.3 is 53.7 Å². The van der Waals surface area contributed by atoms with Crippen LogP contribution in [0.2, 0.25) is 0 Å². The number of fused-ring (bicyclic) bond motifs is 14. The van der Waals surface area contributed by atoms with Crippen LogP contribution >= 0.6 is 45.2 Å². The van der Waals surface area contributed by atoms with Gasteiger partial charge in [0.1, 0.15) is 11.6 Å². The Bertz CT molecular complexity index is 7810. The smallest absolute Gasteiger partial charge is 0.373 e. The molecule has 0 bridgehead atoms. The summed E-state index contributed by atoms with van der Waals surface area (Å²) in [6, 6.07) is 114. The summed E-state index contributed by atoms with van der Waals surface area (Å²) in [7, 11) is 0. The van der Waals surface area contributed by atoms with Gasteiger partial charge in [-0.1, -0.05) is 160 Å². The van der Waals surface area contributed by atoms with Gasteiger partial charge in [-0.25, -0.2) is 28.7 Å². The van der Waals surface area contributed by atoms with E-state index in [0.717, 1.165) is 94.7 Å². The quantitative estimate of drug-likeness (QED) is 0.0813. The van der Waals surface area contributed by atoms with Gasteiger partial charge in [0.05, 0.1) is 72.9 Å². The molecule has 0 unspecified atom stereocenters. The molecule has 0 radical (unpaired) electrons. The van der Waals surface area contributed by atoms with E-state index >= 15 is 4.39 Å². The number of aromatic nitrogens is 10. The Morgan fingerprint density at radius 2 is 0.711 bits per heavy atom. The van der Waals surface area contributed by atoms with Crippen molar-refractivity contribution in [3.63, 3.8) is 0 Å². The Morgan fingerprint density at radius 3 is 1.17 bits per heavy atom. The van der Waals surface area contributed by atoms with Crippen molar-refractivity contribution in [2.24, 2.45) is 0 Å². The maximum absolute atomic E-state index is 15.2. The highest BCUT2D eigenvalue weighted by Gasteiger charge is 2.29. The zero-order valence-corrected chi connectivity index (χ0v) is 70.7. The number of nitrogens with two attached hydrogens (primary N) is 2. The first-order valence-electron chi connectivity index (χ1n) is 39.5. The highest BCUT2D eigenvalue weighted by atomic mass is 127. The van der Waals surface area contributed by atoms with Crippen LogP contribution in [-0.4, -0.2) is 59.8 Å². The highest BCUT2D eigenvalue weighted by Crippen LogP contribution is 2.50. The molecule has 0 saturated heterocycles. The fraction of sp³-hybridized carbons (Fsp3) is 0.0192. The molecule has 0 atom stereocenters. The maximum atomic E-state index is 15.2. The van der Waals surface area contributed by atoms with Crippen LogP contribution in [0.5, 0.6) is 5.75 Å². The number of pyridine rings is 4. The number of rotatable bonds is 8. The molecule has 0 aliphatic carbocycles. The zero-order valence-electron chi connectivity index (χ0n) is 66.4. The number of anilines is 7. The summed E-state index contributed by atoms with van der Waals surface area (Å²) in [5, 5.41) is 18.6. The predicted molar refractivity (Wildman–Crippen MR) is 524 cm³/mol. The molecule has 0 spiro atoms. The monoisotopic (exact) mass is 1910 g/mol. The fourth-order valence-corrected chi connectivity index (χ4v) is 16.1. The second-order valence-electron chi connectivity index (χ2n) is 28.5. The number of nitrogens with zero attached hydrogens (tertiary/aromatic N) is 11. The topological polar surface area (TPSA) is 266 Å². The minimum absolute atomic E-state index is 0. The summed E-state index contributed by atoms with van der Waals surface area (Å²) in [5.41, 5.74) is 32.0. The van der Waals surface area contributed by atoms with Crippen molar-refractivity contribution in [1.82, 2.24) is 48.6 Å². The number of para-hydroxylation sites is 12. The molecular weight excluding hydrogens is 1830 g/mol. The molecule has 626 valence electrons. The van der Waals surface area contributed by atoms with Crippen LogP contribution in [0, 0.1) is 18.8 Å². The molecule has 23 aromatic rings. The van der Waals surface area contributed by atoms with Gasteiger partial charge in [-0.05, 0) is 251 Å². The van der Waals surface area contributed by atoms with Crippen molar-refractivity contribution in [2.45, 2.75) is 14.9 Å². The highest BCUT2D eigenvalue weighted by molar-refractivity contribution is 14.1. The van der Waals surface area contributed by atoms with E-state index in [1.54, 1.807) is 36.8 Å². The zero-order chi connectivity index (χ0) is 86.2. The predicted octanol–water partition coefficient (Wildman–Crippen LogP) is 27.0. The number of aromatic hydroxyl groups is 1. The Balaban J connectivity index is 0.000000121. The Labute approximate surface area is 759 Å². The summed E-state index contributed by atoms with van der Waals surface area (Å²) in [6.07, 6.45) is 6.91. The molecule has 1 aliphatic rings. The second-order valence-corrected chi connectivity index (χ2v) is 31.0. The van der Waals surface area contributed by atoms with Crippen molar-refractivity contribution in [2.75, 3.05) is 21.7 Å². The van der Waals surface area contributed by atoms with E-state index in [9.17, 15) is 4.39 Å². The summed E-state index contributed by atoms with van der Waals surface area (Å²) in [4.78, 5) is 48.2. The average Bonchev–Trinajstić information content (AvgIpc) is 1.37. The van der Waals surface area contributed by atoms with Crippen molar-refractivity contribution in [3.05, 3.63) is 395 Å². The second kappa shape index (κ2) is 38.4. The lowest BCUT2D eigenvalue weighted by Crippen LogP contribution is -2.17. The standard InChI is InChI=1S/C30H19FN4O.C30H18N4O.C18H13FN2.C12H7IN2O.C6H5I.C5H6N2O.CO2.2CH4/c31-23-9-5-8-22-21-7-1-3-11-25(21)35(28(22)23)26-12-4-2-10-24(26)33-20-16-14-19(15-17-20)30-34-29-27(36-30)13-6-18-32-29;1-2-9-23-21(7-1)22-8-5-12-26-28(22)34(23)25-11-4-3-10-24(25)33(26)20-16-14-19(15-17-20)30-32-29-27(35-30)13-6-18-31-29;19-14-8-5-7-13-12-6-1-3-10-16(12)21(18(13)14)17-11-4-2-9-15(17)20;13-9-5-3-8(4-6-9)12-15-11-10(16-12)2-1-7-14-11;7-6-4-2-1-3-5-6;6-5-4(8)2-1-3-7-5;2-1-3;;/h1-18,33H;1-18H;1-11H,20H2;1-7H;1-5H;1-3,8H,(H2,6,7);;2*1H4. The van der Waals surface area contributed by atoms with Gasteiger partial charge in [-0.15, -0.1) is 0 Å². The third-order valence-electron chi connectivity index (χ3n) is 20.8. The number of benzene rings is 13. The lowest BCUT2D eigenvalue weighted by atomic mass is 10.1. The summed E-state index contributed by atoms with van der Waals surface area (Å²) in [5.74, 6) is 1.43. The van der Waals surface area contributed by atoms with Crippen molar-refractivity contribution < 1.29 is 36.7 Å². The Kier molecular flexibility index (Phi) is 25.7. The molecule has 1 aliphatic heterocycles. The first-order chi connectivity index (χ1) is 61.8. The largest absolute Gasteiger partial charge is 0.504 e. The van der Waals surface area contributed by atoms with Crippen LogP contribution in [0.1, 0.15) is 14.9 Å². The Hall–Kier alpha value is -16.0. The number of carbonyl (C=O) groups excluding carboxylic acids is 2. The maximum Gasteiger partial charge on any atom is 0.373 e. The van der Waals surface area contributed by atoms with E-state index in [1.807, 2.05) is 221 Å². The van der Waals surface area contributed by atoms with E-state index in [0.29, 0.717) is 62.5 Å². The molecule has 128 heavy (non-hydrogen) atoms. The third kappa shape index (κ3) is 17.4.